The predicted molar refractivity (Wildman–Crippen MR) is 67.8 cm³/mol. The van der Waals surface area contributed by atoms with Crippen LogP contribution < -0.4 is 0 Å². The highest BCUT2D eigenvalue weighted by molar-refractivity contribution is 7.91. The van der Waals surface area contributed by atoms with Gasteiger partial charge in [0.1, 0.15) is 0 Å². The molecule has 2 nitrogen and oxygen atoms in total. The number of halogens is 3. The normalized spacial score (nSPS) is 12.4. The lowest BCUT2D eigenvalue weighted by Gasteiger charge is -2.08. The molecular formula is C14H10F3O2S. The Morgan fingerprint density at radius 1 is 0.800 bits per heavy atom. The van der Waals surface area contributed by atoms with Gasteiger partial charge in [-0.1, -0.05) is 12.1 Å². The standard InChI is InChI=1S/C14H10F3O2S/c1-10-2-6-12(7-3-10)20(18,19)13-8-4-11(5-9-13)14(15,16)17/h2-9H,1H2. The average molecular weight is 299 g/mol. The van der Waals surface area contributed by atoms with Crippen molar-refractivity contribution < 1.29 is 21.6 Å². The zero-order valence-corrected chi connectivity index (χ0v) is 11.0. The molecule has 2 aromatic carbocycles. The van der Waals surface area contributed by atoms with Gasteiger partial charge in [-0.05, 0) is 48.9 Å². The summed E-state index contributed by atoms with van der Waals surface area (Å²) in [6.07, 6.45) is -4.49. The Morgan fingerprint density at radius 2 is 1.20 bits per heavy atom. The molecule has 0 bridgehead atoms. The van der Waals surface area contributed by atoms with Crippen LogP contribution in [0.5, 0.6) is 0 Å². The first-order valence-electron chi connectivity index (χ1n) is 5.55. The van der Waals surface area contributed by atoms with Crippen LogP contribution in [0.1, 0.15) is 11.1 Å². The van der Waals surface area contributed by atoms with Crippen molar-refractivity contribution in [1.29, 1.82) is 0 Å². The van der Waals surface area contributed by atoms with Crippen LogP contribution in [-0.4, -0.2) is 8.42 Å². The summed E-state index contributed by atoms with van der Waals surface area (Å²) < 4.78 is 61.7. The van der Waals surface area contributed by atoms with Gasteiger partial charge in [0.2, 0.25) is 9.84 Å². The number of alkyl halides is 3. The molecule has 0 N–H and O–H groups in total. The summed E-state index contributed by atoms with van der Waals surface area (Å²) in [5.74, 6) is 0. The van der Waals surface area contributed by atoms with E-state index in [-0.39, 0.29) is 9.79 Å². The second kappa shape index (κ2) is 4.94. The molecule has 2 aromatic rings. The third-order valence-corrected chi connectivity index (χ3v) is 4.51. The Morgan fingerprint density at radius 3 is 1.60 bits per heavy atom. The van der Waals surface area contributed by atoms with Crippen molar-refractivity contribution in [2.24, 2.45) is 0 Å². The lowest BCUT2D eigenvalue weighted by molar-refractivity contribution is -0.137. The first kappa shape index (κ1) is 14.6. The van der Waals surface area contributed by atoms with E-state index in [1.54, 1.807) is 0 Å². The van der Waals surface area contributed by atoms with Gasteiger partial charge in [-0.2, -0.15) is 13.2 Å². The molecule has 0 amide bonds. The SMILES string of the molecule is [CH2]c1ccc(S(=O)(=O)c2ccc(C(F)(F)F)cc2)cc1. The number of rotatable bonds is 2. The monoisotopic (exact) mass is 299 g/mol. The Bertz CT molecular complexity index is 700. The molecule has 0 aliphatic carbocycles. The van der Waals surface area contributed by atoms with Crippen LogP contribution in [0.25, 0.3) is 0 Å². The first-order chi connectivity index (χ1) is 9.21. The fraction of sp³-hybridized carbons (Fsp3) is 0.0714. The van der Waals surface area contributed by atoms with Gasteiger partial charge in [0, 0.05) is 0 Å². The van der Waals surface area contributed by atoms with E-state index in [2.05, 4.69) is 6.92 Å². The summed E-state index contributed by atoms with van der Waals surface area (Å²) in [7, 11) is -3.81. The molecule has 2 rings (SSSR count). The van der Waals surface area contributed by atoms with Crippen LogP contribution in [0.4, 0.5) is 13.2 Å². The number of sulfone groups is 1. The third-order valence-electron chi connectivity index (χ3n) is 2.73. The summed E-state index contributed by atoms with van der Waals surface area (Å²) in [6.45, 7) is 3.64. The highest BCUT2D eigenvalue weighted by atomic mass is 32.2. The van der Waals surface area contributed by atoms with Crippen LogP contribution in [0.15, 0.2) is 58.3 Å². The predicted octanol–water partition coefficient (Wildman–Crippen LogP) is 3.72. The second-order valence-corrected chi connectivity index (χ2v) is 6.12. The second-order valence-electron chi connectivity index (χ2n) is 4.17. The van der Waals surface area contributed by atoms with Gasteiger partial charge in [0.05, 0.1) is 15.4 Å². The smallest absolute Gasteiger partial charge is 0.219 e. The average Bonchev–Trinajstić information content (AvgIpc) is 2.38. The van der Waals surface area contributed by atoms with Gasteiger partial charge in [-0.15, -0.1) is 0 Å². The van der Waals surface area contributed by atoms with Crippen molar-refractivity contribution in [3.8, 4) is 0 Å². The molecule has 0 spiro atoms. The highest BCUT2D eigenvalue weighted by Gasteiger charge is 2.30. The van der Waals surface area contributed by atoms with Gasteiger partial charge in [-0.3, -0.25) is 0 Å². The summed E-state index contributed by atoms with van der Waals surface area (Å²) >= 11 is 0. The fourth-order valence-corrected chi connectivity index (χ4v) is 2.89. The molecule has 0 aromatic heterocycles. The van der Waals surface area contributed by atoms with Gasteiger partial charge in [-0.25, -0.2) is 8.42 Å². The molecular weight excluding hydrogens is 289 g/mol. The quantitative estimate of drug-likeness (QED) is 0.847. The Labute approximate surface area is 114 Å². The van der Waals surface area contributed by atoms with E-state index in [0.29, 0.717) is 5.56 Å². The van der Waals surface area contributed by atoms with Crippen LogP contribution in [0.3, 0.4) is 0 Å². The highest BCUT2D eigenvalue weighted by Crippen LogP contribution is 2.30. The van der Waals surface area contributed by atoms with Gasteiger partial charge in [0.15, 0.2) is 0 Å². The van der Waals surface area contributed by atoms with Crippen molar-refractivity contribution >= 4 is 9.84 Å². The molecule has 105 valence electrons. The lowest BCUT2D eigenvalue weighted by atomic mass is 10.2. The summed E-state index contributed by atoms with van der Waals surface area (Å²) in [5, 5.41) is 0. The Hall–Kier alpha value is -1.82. The van der Waals surface area contributed by atoms with Crippen LogP contribution in [0.2, 0.25) is 0 Å². The maximum atomic E-state index is 12.4. The van der Waals surface area contributed by atoms with Crippen molar-refractivity contribution in [3.63, 3.8) is 0 Å². The van der Waals surface area contributed by atoms with Crippen molar-refractivity contribution in [1.82, 2.24) is 0 Å². The van der Waals surface area contributed by atoms with Gasteiger partial charge < -0.3 is 0 Å². The molecule has 0 unspecified atom stereocenters. The number of benzene rings is 2. The lowest BCUT2D eigenvalue weighted by Crippen LogP contribution is -2.06. The van der Waals surface area contributed by atoms with Crippen LogP contribution >= 0.6 is 0 Å². The maximum absolute atomic E-state index is 12.4. The molecule has 0 fully saturated rings. The minimum atomic E-state index is -4.49. The summed E-state index contributed by atoms with van der Waals surface area (Å²) in [5.41, 5.74) is -0.235. The van der Waals surface area contributed by atoms with Crippen molar-refractivity contribution in [2.75, 3.05) is 0 Å². The molecule has 0 aliphatic rings. The molecule has 0 aliphatic heterocycles. The van der Waals surface area contributed by atoms with E-state index in [4.69, 9.17) is 0 Å². The molecule has 1 radical (unpaired) electrons. The van der Waals surface area contributed by atoms with Crippen molar-refractivity contribution in [2.45, 2.75) is 16.0 Å². The van der Waals surface area contributed by atoms with E-state index in [9.17, 15) is 21.6 Å². The van der Waals surface area contributed by atoms with Gasteiger partial charge in [0.25, 0.3) is 0 Å². The van der Waals surface area contributed by atoms with E-state index in [1.165, 1.54) is 24.3 Å². The first-order valence-corrected chi connectivity index (χ1v) is 7.04. The van der Waals surface area contributed by atoms with Crippen LogP contribution in [0, 0.1) is 6.92 Å². The minimum absolute atomic E-state index is 0.0182. The Kier molecular flexibility index (Phi) is 3.60. The van der Waals surface area contributed by atoms with Crippen LogP contribution in [-0.2, 0) is 16.0 Å². The zero-order chi connectivity index (χ0) is 15.0. The number of hydrogen-bond donors (Lipinski definition) is 0. The van der Waals surface area contributed by atoms with E-state index >= 15 is 0 Å². The minimum Gasteiger partial charge on any atom is -0.219 e. The molecule has 0 saturated heterocycles. The van der Waals surface area contributed by atoms with Crippen molar-refractivity contribution in [3.05, 3.63) is 66.6 Å². The zero-order valence-electron chi connectivity index (χ0n) is 10.2. The fourth-order valence-electron chi connectivity index (χ4n) is 1.63. The topological polar surface area (TPSA) is 34.1 Å². The van der Waals surface area contributed by atoms with Gasteiger partial charge >= 0.3 is 6.18 Å². The molecule has 0 atom stereocenters. The summed E-state index contributed by atoms with van der Waals surface area (Å²) in [6, 6.07) is 9.20. The van der Waals surface area contributed by atoms with E-state index < -0.39 is 21.6 Å². The maximum Gasteiger partial charge on any atom is 0.416 e. The number of hydrogen-bond acceptors (Lipinski definition) is 2. The largest absolute Gasteiger partial charge is 0.416 e. The van der Waals surface area contributed by atoms with E-state index in [1.807, 2.05) is 0 Å². The molecule has 6 heteroatoms. The molecule has 0 saturated carbocycles. The summed E-state index contributed by atoms with van der Waals surface area (Å²) in [4.78, 5) is -0.160. The Balaban J connectivity index is 2.42. The molecule has 20 heavy (non-hydrogen) atoms. The third kappa shape index (κ3) is 2.85. The van der Waals surface area contributed by atoms with E-state index in [0.717, 1.165) is 24.3 Å². The molecule has 0 heterocycles.